The summed E-state index contributed by atoms with van der Waals surface area (Å²) in [5.74, 6) is 0.535. The third-order valence-corrected chi connectivity index (χ3v) is 7.42. The van der Waals surface area contributed by atoms with Gasteiger partial charge in [0.2, 0.25) is 0 Å². The van der Waals surface area contributed by atoms with Crippen molar-refractivity contribution in [2.24, 2.45) is 0 Å². The van der Waals surface area contributed by atoms with Gasteiger partial charge in [-0.25, -0.2) is 5.43 Å². The van der Waals surface area contributed by atoms with Crippen LogP contribution in [0.25, 0.3) is 11.1 Å². The molecule has 0 radical (unpaired) electrons. The minimum absolute atomic E-state index is 0.292. The minimum Gasteiger partial charge on any atom is -0.366 e. The van der Waals surface area contributed by atoms with Crippen LogP contribution in [0.4, 0.5) is 0 Å². The molecular formula is C24H25N3O2S4. The molecule has 0 spiro atoms. The van der Waals surface area contributed by atoms with E-state index in [1.54, 1.807) is 29.2 Å². The topological polar surface area (TPSA) is 70.2 Å². The van der Waals surface area contributed by atoms with E-state index in [0.29, 0.717) is 22.8 Å². The highest BCUT2D eigenvalue weighted by Gasteiger charge is 2.16. The van der Waals surface area contributed by atoms with Gasteiger partial charge in [0, 0.05) is 15.3 Å². The highest BCUT2D eigenvalue weighted by Crippen LogP contribution is 2.30. The Kier molecular flexibility index (Phi) is 10.4. The van der Waals surface area contributed by atoms with E-state index in [2.05, 4.69) is 22.2 Å². The third-order valence-electron chi connectivity index (χ3n) is 4.69. The standard InChI is InChI=1S/C24H25N3O2S4/c1-31-13-11-18(16-28)26-27-23(29)21-10-9-19(14-22(21)17-6-3-2-4-7-17)33-24(30)25-15-20-8-5-12-32-20/h2-10,12,14,16,18,26H,11,13,15H2,1H3,(H,25,30)(H,27,29). The lowest BCUT2D eigenvalue weighted by Crippen LogP contribution is -2.45. The first-order chi connectivity index (χ1) is 16.1. The lowest BCUT2D eigenvalue weighted by molar-refractivity contribution is -0.109. The lowest BCUT2D eigenvalue weighted by Gasteiger charge is -2.16. The molecule has 0 aliphatic carbocycles. The second kappa shape index (κ2) is 13.5. The number of thiocarbonyl (C=S) groups is 1. The van der Waals surface area contributed by atoms with Gasteiger partial charge < -0.3 is 10.1 Å². The van der Waals surface area contributed by atoms with Gasteiger partial charge in [-0.2, -0.15) is 11.8 Å². The molecule has 0 saturated heterocycles. The maximum atomic E-state index is 13.0. The molecule has 1 heterocycles. The van der Waals surface area contributed by atoms with Crippen LogP contribution in [0.1, 0.15) is 21.7 Å². The van der Waals surface area contributed by atoms with E-state index in [9.17, 15) is 9.59 Å². The molecule has 5 nitrogen and oxygen atoms in total. The first-order valence-electron chi connectivity index (χ1n) is 10.3. The number of aldehydes is 1. The largest absolute Gasteiger partial charge is 0.366 e. The van der Waals surface area contributed by atoms with Crippen LogP contribution < -0.4 is 16.2 Å². The average molecular weight is 516 g/mol. The molecule has 3 aromatic rings. The molecule has 0 aliphatic heterocycles. The quantitative estimate of drug-likeness (QED) is 0.141. The van der Waals surface area contributed by atoms with E-state index in [4.69, 9.17) is 12.2 Å². The number of amides is 1. The predicted octanol–water partition coefficient (Wildman–Crippen LogP) is 5.14. The van der Waals surface area contributed by atoms with Crippen LogP contribution in [0.15, 0.2) is 70.9 Å². The first kappa shape index (κ1) is 25.5. The molecular weight excluding hydrogens is 491 g/mol. The number of hydrogen-bond donors (Lipinski definition) is 3. The fourth-order valence-corrected chi connectivity index (χ4v) is 5.17. The number of thiophene rings is 1. The summed E-state index contributed by atoms with van der Waals surface area (Å²) in [6.45, 7) is 0.690. The SMILES string of the molecule is CSCCC(C=O)NNC(=O)c1ccc(SC(=S)NCc2cccs2)cc1-c1ccccc1. The molecule has 1 amide bonds. The van der Waals surface area contributed by atoms with Crippen molar-refractivity contribution in [3.05, 3.63) is 76.5 Å². The Bertz CT molecular complexity index is 1060. The van der Waals surface area contributed by atoms with Crippen LogP contribution in [0, 0.1) is 0 Å². The van der Waals surface area contributed by atoms with Crippen molar-refractivity contribution >= 4 is 63.6 Å². The van der Waals surface area contributed by atoms with Crippen molar-refractivity contribution < 1.29 is 9.59 Å². The molecule has 1 unspecified atom stereocenters. The molecule has 1 atom stereocenters. The fraction of sp³-hybridized carbons (Fsp3) is 0.208. The van der Waals surface area contributed by atoms with Gasteiger partial charge >= 0.3 is 0 Å². The first-order valence-corrected chi connectivity index (χ1v) is 13.8. The molecule has 0 bridgehead atoms. The second-order valence-electron chi connectivity index (χ2n) is 7.02. The van der Waals surface area contributed by atoms with Gasteiger partial charge in [0.05, 0.1) is 12.6 Å². The minimum atomic E-state index is -0.428. The van der Waals surface area contributed by atoms with Crippen LogP contribution in [0.5, 0.6) is 0 Å². The van der Waals surface area contributed by atoms with Crippen molar-refractivity contribution in [3.8, 4) is 11.1 Å². The normalized spacial score (nSPS) is 11.5. The van der Waals surface area contributed by atoms with Crippen LogP contribution in [-0.2, 0) is 11.3 Å². The van der Waals surface area contributed by atoms with Gasteiger partial charge in [0.25, 0.3) is 5.91 Å². The highest BCUT2D eigenvalue weighted by molar-refractivity contribution is 8.23. The maximum absolute atomic E-state index is 13.0. The zero-order valence-corrected chi connectivity index (χ0v) is 21.3. The molecule has 33 heavy (non-hydrogen) atoms. The van der Waals surface area contributed by atoms with Crippen molar-refractivity contribution in [2.45, 2.75) is 23.9 Å². The smallest absolute Gasteiger partial charge is 0.266 e. The number of carbonyl (C=O) groups is 2. The number of thioether (sulfide) groups is 2. The summed E-state index contributed by atoms with van der Waals surface area (Å²) in [6.07, 6.45) is 3.44. The molecule has 3 N–H and O–H groups in total. The number of carbonyl (C=O) groups excluding carboxylic acids is 2. The number of hydrazine groups is 1. The second-order valence-corrected chi connectivity index (χ2v) is 10.8. The fourth-order valence-electron chi connectivity index (χ4n) is 3.00. The van der Waals surface area contributed by atoms with E-state index in [0.717, 1.165) is 28.1 Å². The Balaban J connectivity index is 1.74. The summed E-state index contributed by atoms with van der Waals surface area (Å²) in [5.41, 5.74) is 7.78. The van der Waals surface area contributed by atoms with E-state index in [-0.39, 0.29) is 5.91 Å². The maximum Gasteiger partial charge on any atom is 0.266 e. The Labute approximate surface area is 212 Å². The monoisotopic (exact) mass is 515 g/mol. The molecule has 3 rings (SSSR count). The van der Waals surface area contributed by atoms with Gasteiger partial charge in [-0.15, -0.1) is 11.3 Å². The van der Waals surface area contributed by atoms with E-state index >= 15 is 0 Å². The summed E-state index contributed by atoms with van der Waals surface area (Å²) in [4.78, 5) is 26.4. The Hall–Kier alpha value is -2.17. The number of nitrogens with one attached hydrogen (secondary N) is 3. The van der Waals surface area contributed by atoms with E-state index in [1.807, 2.05) is 60.2 Å². The summed E-state index contributed by atoms with van der Waals surface area (Å²) in [7, 11) is 0. The summed E-state index contributed by atoms with van der Waals surface area (Å²) in [5, 5.41) is 5.31. The highest BCUT2D eigenvalue weighted by atomic mass is 32.2. The molecule has 0 aliphatic rings. The van der Waals surface area contributed by atoms with Gasteiger partial charge in [-0.3, -0.25) is 10.2 Å². The van der Waals surface area contributed by atoms with Crippen molar-refractivity contribution in [3.63, 3.8) is 0 Å². The summed E-state index contributed by atoms with van der Waals surface area (Å²) < 4.78 is 0.670. The van der Waals surface area contributed by atoms with Crippen LogP contribution in [0.2, 0.25) is 0 Å². The number of benzene rings is 2. The molecule has 9 heteroatoms. The Morgan fingerprint density at radius 2 is 1.97 bits per heavy atom. The van der Waals surface area contributed by atoms with Gasteiger partial charge in [0.1, 0.15) is 10.6 Å². The molecule has 0 fully saturated rings. The third kappa shape index (κ3) is 7.97. The van der Waals surface area contributed by atoms with Gasteiger partial charge in [0.15, 0.2) is 0 Å². The van der Waals surface area contributed by atoms with Crippen LogP contribution in [-0.4, -0.2) is 34.6 Å². The van der Waals surface area contributed by atoms with Gasteiger partial charge in [-0.05, 0) is 59.2 Å². The van der Waals surface area contributed by atoms with Gasteiger partial charge in [-0.1, -0.05) is 60.4 Å². The Morgan fingerprint density at radius 1 is 1.15 bits per heavy atom. The van der Waals surface area contributed by atoms with E-state index < -0.39 is 6.04 Å². The predicted molar refractivity (Wildman–Crippen MR) is 145 cm³/mol. The molecule has 1 aromatic heterocycles. The van der Waals surface area contributed by atoms with Crippen LogP contribution >= 0.6 is 47.1 Å². The average Bonchev–Trinajstić information content (AvgIpc) is 3.37. The zero-order valence-electron chi connectivity index (χ0n) is 18.1. The molecule has 2 aromatic carbocycles. The zero-order chi connectivity index (χ0) is 23.5. The van der Waals surface area contributed by atoms with Crippen molar-refractivity contribution in [2.75, 3.05) is 12.0 Å². The summed E-state index contributed by atoms with van der Waals surface area (Å²) >= 11 is 10.3. The number of hydrogen-bond acceptors (Lipinski definition) is 7. The lowest BCUT2D eigenvalue weighted by atomic mass is 9.99. The Morgan fingerprint density at radius 3 is 2.67 bits per heavy atom. The van der Waals surface area contributed by atoms with Crippen molar-refractivity contribution in [1.29, 1.82) is 0 Å². The summed E-state index contributed by atoms with van der Waals surface area (Å²) in [6, 6.07) is 19.0. The number of rotatable bonds is 11. The van der Waals surface area contributed by atoms with Crippen molar-refractivity contribution in [1.82, 2.24) is 16.2 Å². The molecule has 172 valence electrons. The van der Waals surface area contributed by atoms with Crippen LogP contribution in [0.3, 0.4) is 0 Å². The molecule has 0 saturated carbocycles. The van der Waals surface area contributed by atoms with E-state index in [1.165, 1.54) is 16.6 Å².